The molecule has 1 rings (SSSR count). The van der Waals surface area contributed by atoms with Crippen molar-refractivity contribution in [2.24, 2.45) is 17.1 Å². The topological polar surface area (TPSA) is 44.5 Å². The SMILES string of the molecule is CCOc1ccc(C(N)CC(C)C(C)(C)C)cc1OCC. The standard InChI is InChI=1S/C18H31NO2/c1-7-20-16-10-9-14(12-17(16)21-8-2)15(19)11-13(3)18(4,5)6/h9-10,12-13,15H,7-8,11,19H2,1-6H3. The third kappa shape index (κ3) is 5.24. The Hall–Kier alpha value is -1.22. The van der Waals surface area contributed by atoms with Crippen molar-refractivity contribution in [3.8, 4) is 11.5 Å². The minimum absolute atomic E-state index is 0.0223. The third-order valence-electron chi connectivity index (χ3n) is 4.08. The van der Waals surface area contributed by atoms with Gasteiger partial charge in [-0.25, -0.2) is 0 Å². The Kier molecular flexibility index (Phi) is 6.53. The van der Waals surface area contributed by atoms with Gasteiger partial charge in [0, 0.05) is 6.04 Å². The van der Waals surface area contributed by atoms with E-state index in [1.54, 1.807) is 0 Å². The highest BCUT2D eigenvalue weighted by molar-refractivity contribution is 5.43. The minimum Gasteiger partial charge on any atom is -0.490 e. The molecule has 1 aromatic rings. The van der Waals surface area contributed by atoms with Crippen molar-refractivity contribution in [1.29, 1.82) is 0 Å². The summed E-state index contributed by atoms with van der Waals surface area (Å²) in [5.74, 6) is 2.13. The molecule has 0 aliphatic heterocycles. The lowest BCUT2D eigenvalue weighted by Crippen LogP contribution is -2.23. The van der Waals surface area contributed by atoms with Crippen molar-refractivity contribution >= 4 is 0 Å². The van der Waals surface area contributed by atoms with Crippen molar-refractivity contribution < 1.29 is 9.47 Å². The molecule has 1 aromatic carbocycles. The van der Waals surface area contributed by atoms with Gasteiger partial charge in [-0.3, -0.25) is 0 Å². The van der Waals surface area contributed by atoms with Gasteiger partial charge in [-0.15, -0.1) is 0 Å². The second-order valence-electron chi connectivity index (χ2n) is 6.68. The number of ether oxygens (including phenoxy) is 2. The highest BCUT2D eigenvalue weighted by Crippen LogP contribution is 2.35. The Balaban J connectivity index is 2.89. The summed E-state index contributed by atoms with van der Waals surface area (Å²) < 4.78 is 11.3. The first-order valence-electron chi connectivity index (χ1n) is 7.94. The maximum absolute atomic E-state index is 6.39. The molecule has 2 atom stereocenters. The number of hydrogen-bond acceptors (Lipinski definition) is 3. The molecule has 120 valence electrons. The van der Waals surface area contributed by atoms with Crippen LogP contribution in [0, 0.1) is 11.3 Å². The van der Waals surface area contributed by atoms with Crippen molar-refractivity contribution in [1.82, 2.24) is 0 Å². The van der Waals surface area contributed by atoms with E-state index in [0.29, 0.717) is 19.1 Å². The summed E-state index contributed by atoms with van der Waals surface area (Å²) in [6.45, 7) is 14.2. The molecule has 2 unspecified atom stereocenters. The highest BCUT2D eigenvalue weighted by atomic mass is 16.5. The van der Waals surface area contributed by atoms with E-state index in [9.17, 15) is 0 Å². The molecule has 0 bridgehead atoms. The molecule has 0 aliphatic rings. The van der Waals surface area contributed by atoms with Crippen molar-refractivity contribution in [3.63, 3.8) is 0 Å². The monoisotopic (exact) mass is 293 g/mol. The second kappa shape index (κ2) is 7.69. The fourth-order valence-electron chi connectivity index (χ4n) is 2.17. The van der Waals surface area contributed by atoms with E-state index in [1.165, 1.54) is 0 Å². The first-order valence-corrected chi connectivity index (χ1v) is 7.94. The van der Waals surface area contributed by atoms with Gasteiger partial charge in [0.25, 0.3) is 0 Å². The first kappa shape index (κ1) is 17.8. The lowest BCUT2D eigenvalue weighted by molar-refractivity contribution is 0.233. The molecule has 0 saturated heterocycles. The molecule has 0 aliphatic carbocycles. The average molecular weight is 293 g/mol. The van der Waals surface area contributed by atoms with Crippen LogP contribution >= 0.6 is 0 Å². The molecule has 3 heteroatoms. The predicted molar refractivity (Wildman–Crippen MR) is 88.9 cm³/mol. The van der Waals surface area contributed by atoms with E-state index in [1.807, 2.05) is 32.0 Å². The number of hydrogen-bond donors (Lipinski definition) is 1. The van der Waals surface area contributed by atoms with Crippen LogP contribution in [0.25, 0.3) is 0 Å². The zero-order chi connectivity index (χ0) is 16.0. The van der Waals surface area contributed by atoms with Crippen LogP contribution in [0.4, 0.5) is 0 Å². The van der Waals surface area contributed by atoms with Crippen LogP contribution in [0.1, 0.15) is 59.6 Å². The number of rotatable bonds is 7. The van der Waals surface area contributed by atoms with Crippen molar-refractivity contribution in [2.45, 2.75) is 54.0 Å². The van der Waals surface area contributed by atoms with E-state index in [0.717, 1.165) is 23.5 Å². The maximum Gasteiger partial charge on any atom is 0.161 e. The second-order valence-corrected chi connectivity index (χ2v) is 6.68. The fraction of sp³-hybridized carbons (Fsp3) is 0.667. The Labute approximate surface area is 129 Å². The lowest BCUT2D eigenvalue weighted by Gasteiger charge is -2.29. The van der Waals surface area contributed by atoms with Crippen LogP contribution in [0.3, 0.4) is 0 Å². The summed E-state index contributed by atoms with van der Waals surface area (Å²) in [7, 11) is 0. The molecule has 0 saturated carbocycles. The quantitative estimate of drug-likeness (QED) is 0.801. The van der Waals surface area contributed by atoms with Crippen LogP contribution in [0.15, 0.2) is 18.2 Å². The zero-order valence-electron chi connectivity index (χ0n) is 14.4. The maximum atomic E-state index is 6.39. The summed E-state index contributed by atoms with van der Waals surface area (Å²) in [6, 6.07) is 6.06. The average Bonchev–Trinajstić information content (AvgIpc) is 2.40. The summed E-state index contributed by atoms with van der Waals surface area (Å²) in [5.41, 5.74) is 7.76. The molecule has 3 nitrogen and oxygen atoms in total. The Morgan fingerprint density at radius 3 is 2.14 bits per heavy atom. The summed E-state index contributed by atoms with van der Waals surface area (Å²) in [4.78, 5) is 0. The van der Waals surface area contributed by atoms with E-state index >= 15 is 0 Å². The lowest BCUT2D eigenvalue weighted by atomic mass is 9.78. The number of nitrogens with two attached hydrogens (primary N) is 1. The van der Waals surface area contributed by atoms with E-state index in [-0.39, 0.29) is 11.5 Å². The van der Waals surface area contributed by atoms with Crippen LogP contribution in [-0.2, 0) is 0 Å². The number of benzene rings is 1. The highest BCUT2D eigenvalue weighted by Gasteiger charge is 2.23. The van der Waals surface area contributed by atoms with E-state index in [4.69, 9.17) is 15.2 Å². The van der Waals surface area contributed by atoms with Gasteiger partial charge in [-0.1, -0.05) is 33.8 Å². The van der Waals surface area contributed by atoms with Crippen LogP contribution in [0.2, 0.25) is 0 Å². The third-order valence-corrected chi connectivity index (χ3v) is 4.08. The van der Waals surface area contributed by atoms with Gasteiger partial charge in [0.15, 0.2) is 11.5 Å². The largest absolute Gasteiger partial charge is 0.490 e. The van der Waals surface area contributed by atoms with Gasteiger partial charge in [-0.05, 0) is 49.3 Å². The van der Waals surface area contributed by atoms with E-state index in [2.05, 4.69) is 27.7 Å². The molecule has 0 heterocycles. The molecule has 0 aromatic heterocycles. The molecule has 0 radical (unpaired) electrons. The van der Waals surface area contributed by atoms with Gasteiger partial charge in [0.2, 0.25) is 0 Å². The van der Waals surface area contributed by atoms with Gasteiger partial charge >= 0.3 is 0 Å². The fourth-order valence-corrected chi connectivity index (χ4v) is 2.17. The molecule has 0 amide bonds. The molecule has 21 heavy (non-hydrogen) atoms. The molecule has 0 fully saturated rings. The summed E-state index contributed by atoms with van der Waals surface area (Å²) >= 11 is 0. The van der Waals surface area contributed by atoms with Gasteiger partial charge in [0.05, 0.1) is 13.2 Å². The van der Waals surface area contributed by atoms with Gasteiger partial charge < -0.3 is 15.2 Å². The summed E-state index contributed by atoms with van der Waals surface area (Å²) in [6.07, 6.45) is 0.961. The van der Waals surface area contributed by atoms with Crippen molar-refractivity contribution in [2.75, 3.05) is 13.2 Å². The molecule has 2 N–H and O–H groups in total. The van der Waals surface area contributed by atoms with Crippen molar-refractivity contribution in [3.05, 3.63) is 23.8 Å². The predicted octanol–water partition coefficient (Wildman–Crippen LogP) is 4.56. The van der Waals surface area contributed by atoms with Crippen LogP contribution in [-0.4, -0.2) is 13.2 Å². The minimum atomic E-state index is 0.0223. The molecular formula is C18H31NO2. The zero-order valence-corrected chi connectivity index (χ0v) is 14.4. The van der Waals surface area contributed by atoms with Crippen LogP contribution in [0.5, 0.6) is 11.5 Å². The molecular weight excluding hydrogens is 262 g/mol. The van der Waals surface area contributed by atoms with Crippen LogP contribution < -0.4 is 15.2 Å². The Morgan fingerprint density at radius 2 is 1.62 bits per heavy atom. The van der Waals surface area contributed by atoms with Gasteiger partial charge in [-0.2, -0.15) is 0 Å². The first-order chi connectivity index (χ1) is 9.79. The Bertz CT molecular complexity index is 437. The summed E-state index contributed by atoms with van der Waals surface area (Å²) in [5, 5.41) is 0. The normalized spacial score (nSPS) is 14.6. The van der Waals surface area contributed by atoms with E-state index < -0.39 is 0 Å². The Morgan fingerprint density at radius 1 is 1.05 bits per heavy atom. The van der Waals surface area contributed by atoms with Gasteiger partial charge in [0.1, 0.15) is 0 Å². The molecule has 0 spiro atoms. The smallest absolute Gasteiger partial charge is 0.161 e.